The van der Waals surface area contributed by atoms with Crippen LogP contribution < -0.4 is 0 Å². The molecule has 0 amide bonds. The Balaban J connectivity index is 2.46. The van der Waals surface area contributed by atoms with Gasteiger partial charge >= 0.3 is 0 Å². The number of allylic oxidation sites excluding steroid dienone is 5. The molecule has 0 heteroatoms. The Bertz CT molecular complexity index is 366. The summed E-state index contributed by atoms with van der Waals surface area (Å²) < 4.78 is 0. The largest absolute Gasteiger partial charge is 0.0988 e. The Morgan fingerprint density at radius 3 is 2.62 bits per heavy atom. The van der Waals surface area contributed by atoms with E-state index in [9.17, 15) is 0 Å². The van der Waals surface area contributed by atoms with E-state index in [1.807, 2.05) is 12.1 Å². The number of hydrogen-bond acceptors (Lipinski definition) is 0. The van der Waals surface area contributed by atoms with Crippen molar-refractivity contribution in [2.45, 2.75) is 6.42 Å². The summed E-state index contributed by atoms with van der Waals surface area (Å²) in [4.78, 5) is 0. The lowest BCUT2D eigenvalue weighted by molar-refractivity contribution is 1.34. The molecule has 0 radical (unpaired) electrons. The molecular formula is C13H12. The highest BCUT2D eigenvalue weighted by atomic mass is 14.1. The molecule has 0 unspecified atom stereocenters. The van der Waals surface area contributed by atoms with Gasteiger partial charge in [-0.1, -0.05) is 55.1 Å². The van der Waals surface area contributed by atoms with Crippen LogP contribution >= 0.6 is 0 Å². The third-order valence-electron chi connectivity index (χ3n) is 2.30. The number of benzene rings is 1. The van der Waals surface area contributed by atoms with Crippen molar-refractivity contribution in [3.05, 3.63) is 66.3 Å². The van der Waals surface area contributed by atoms with Crippen LogP contribution in [0, 0.1) is 0 Å². The van der Waals surface area contributed by atoms with Crippen LogP contribution in [0.1, 0.15) is 12.0 Å². The molecule has 1 aromatic carbocycles. The van der Waals surface area contributed by atoms with E-state index in [1.54, 1.807) is 0 Å². The summed E-state index contributed by atoms with van der Waals surface area (Å²) >= 11 is 0. The zero-order chi connectivity index (χ0) is 9.10. The van der Waals surface area contributed by atoms with Crippen molar-refractivity contribution < 1.29 is 0 Å². The van der Waals surface area contributed by atoms with Crippen LogP contribution in [-0.2, 0) is 0 Å². The topological polar surface area (TPSA) is 0 Å². The van der Waals surface area contributed by atoms with Crippen molar-refractivity contribution in [1.29, 1.82) is 0 Å². The van der Waals surface area contributed by atoms with Crippen LogP contribution in [0.5, 0.6) is 0 Å². The lowest BCUT2D eigenvalue weighted by Crippen LogP contribution is -1.81. The molecule has 0 saturated heterocycles. The zero-order valence-electron chi connectivity index (χ0n) is 7.53. The van der Waals surface area contributed by atoms with Crippen molar-refractivity contribution in [2.24, 2.45) is 0 Å². The fraction of sp³-hybridized carbons (Fsp3) is 0.0769. The summed E-state index contributed by atoms with van der Waals surface area (Å²) in [6.45, 7) is 3.82. The third kappa shape index (κ3) is 1.48. The van der Waals surface area contributed by atoms with Gasteiger partial charge in [-0.3, -0.25) is 0 Å². The van der Waals surface area contributed by atoms with E-state index in [-0.39, 0.29) is 0 Å². The van der Waals surface area contributed by atoms with Crippen LogP contribution in [0.4, 0.5) is 0 Å². The SMILES string of the molecule is C=CC1=C(c2ccccc2)C=CC1. The molecule has 13 heavy (non-hydrogen) atoms. The molecule has 64 valence electrons. The summed E-state index contributed by atoms with van der Waals surface area (Å²) in [5.41, 5.74) is 3.92. The minimum absolute atomic E-state index is 1.02. The average Bonchev–Trinajstić information content (AvgIpc) is 2.67. The molecule has 0 bridgehead atoms. The molecule has 1 aliphatic carbocycles. The second-order valence-electron chi connectivity index (χ2n) is 3.12. The molecule has 0 atom stereocenters. The van der Waals surface area contributed by atoms with E-state index in [4.69, 9.17) is 0 Å². The van der Waals surface area contributed by atoms with Gasteiger partial charge in [0, 0.05) is 0 Å². The predicted molar refractivity (Wildman–Crippen MR) is 57.3 cm³/mol. The summed E-state index contributed by atoms with van der Waals surface area (Å²) in [5.74, 6) is 0. The highest BCUT2D eigenvalue weighted by Gasteiger charge is 2.06. The normalized spacial score (nSPS) is 15.1. The van der Waals surface area contributed by atoms with Gasteiger partial charge in [-0.05, 0) is 23.1 Å². The number of hydrogen-bond donors (Lipinski definition) is 0. The van der Waals surface area contributed by atoms with Crippen LogP contribution in [0.3, 0.4) is 0 Å². The first kappa shape index (κ1) is 8.06. The molecule has 0 heterocycles. The molecule has 0 aromatic heterocycles. The molecule has 0 fully saturated rings. The van der Waals surface area contributed by atoms with E-state index in [0.717, 1.165) is 6.42 Å². The molecule has 0 spiro atoms. The second kappa shape index (κ2) is 3.44. The van der Waals surface area contributed by atoms with E-state index < -0.39 is 0 Å². The molecule has 0 aliphatic heterocycles. The van der Waals surface area contributed by atoms with Crippen LogP contribution in [0.2, 0.25) is 0 Å². The zero-order valence-corrected chi connectivity index (χ0v) is 7.53. The van der Waals surface area contributed by atoms with Crippen molar-refractivity contribution in [1.82, 2.24) is 0 Å². The highest BCUT2D eigenvalue weighted by molar-refractivity contribution is 5.80. The summed E-state index contributed by atoms with van der Waals surface area (Å²) in [6, 6.07) is 10.4. The maximum absolute atomic E-state index is 3.82. The van der Waals surface area contributed by atoms with Gasteiger partial charge < -0.3 is 0 Å². The average molecular weight is 168 g/mol. The van der Waals surface area contributed by atoms with Crippen molar-refractivity contribution in [3.63, 3.8) is 0 Å². The molecule has 1 aliphatic rings. The van der Waals surface area contributed by atoms with Gasteiger partial charge in [-0.15, -0.1) is 0 Å². The molecule has 2 rings (SSSR count). The van der Waals surface area contributed by atoms with Gasteiger partial charge in [0.2, 0.25) is 0 Å². The molecular weight excluding hydrogens is 156 g/mol. The predicted octanol–water partition coefficient (Wildman–Crippen LogP) is 3.59. The Kier molecular flexibility index (Phi) is 2.13. The van der Waals surface area contributed by atoms with Gasteiger partial charge in [0.15, 0.2) is 0 Å². The quantitative estimate of drug-likeness (QED) is 0.633. The first-order chi connectivity index (χ1) is 6.42. The molecule has 0 N–H and O–H groups in total. The van der Waals surface area contributed by atoms with E-state index >= 15 is 0 Å². The molecule has 1 aromatic rings. The summed E-state index contributed by atoms with van der Waals surface area (Å²) in [7, 11) is 0. The first-order valence-corrected chi connectivity index (χ1v) is 4.49. The van der Waals surface area contributed by atoms with Gasteiger partial charge in [-0.25, -0.2) is 0 Å². The molecule has 0 saturated carbocycles. The first-order valence-electron chi connectivity index (χ1n) is 4.49. The third-order valence-corrected chi connectivity index (χ3v) is 2.30. The van der Waals surface area contributed by atoms with Gasteiger partial charge in [0.1, 0.15) is 0 Å². The maximum Gasteiger partial charge on any atom is -0.00882 e. The Labute approximate surface area is 78.9 Å². The second-order valence-corrected chi connectivity index (χ2v) is 3.12. The lowest BCUT2D eigenvalue weighted by atomic mass is 10.0. The summed E-state index contributed by atoms with van der Waals surface area (Å²) in [6.07, 6.45) is 7.32. The van der Waals surface area contributed by atoms with E-state index in [2.05, 4.69) is 43.0 Å². The van der Waals surface area contributed by atoms with Crippen LogP contribution in [-0.4, -0.2) is 0 Å². The smallest absolute Gasteiger partial charge is 0.00882 e. The van der Waals surface area contributed by atoms with Crippen LogP contribution in [0.15, 0.2) is 60.7 Å². The standard InChI is InChI=1S/C13H12/c1-2-11-9-6-10-13(11)12-7-4-3-5-8-12/h2-8,10H,1,9H2. The minimum Gasteiger partial charge on any atom is -0.0988 e. The van der Waals surface area contributed by atoms with E-state index in [1.165, 1.54) is 16.7 Å². The highest BCUT2D eigenvalue weighted by Crippen LogP contribution is 2.28. The fourth-order valence-corrected chi connectivity index (χ4v) is 1.61. The number of rotatable bonds is 2. The van der Waals surface area contributed by atoms with Gasteiger partial charge in [-0.2, -0.15) is 0 Å². The minimum atomic E-state index is 1.02. The maximum atomic E-state index is 3.82. The van der Waals surface area contributed by atoms with Gasteiger partial charge in [0.25, 0.3) is 0 Å². The lowest BCUT2D eigenvalue weighted by Gasteiger charge is -2.02. The monoisotopic (exact) mass is 168 g/mol. The fourth-order valence-electron chi connectivity index (χ4n) is 1.61. The summed E-state index contributed by atoms with van der Waals surface area (Å²) in [5, 5.41) is 0. The van der Waals surface area contributed by atoms with Crippen molar-refractivity contribution >= 4 is 5.57 Å². The molecule has 0 nitrogen and oxygen atoms in total. The Hall–Kier alpha value is -1.56. The van der Waals surface area contributed by atoms with Gasteiger partial charge in [0.05, 0.1) is 0 Å². The van der Waals surface area contributed by atoms with Crippen LogP contribution in [0.25, 0.3) is 5.57 Å². The van der Waals surface area contributed by atoms with E-state index in [0.29, 0.717) is 0 Å². The van der Waals surface area contributed by atoms with Crippen molar-refractivity contribution in [2.75, 3.05) is 0 Å². The Morgan fingerprint density at radius 2 is 1.92 bits per heavy atom. The van der Waals surface area contributed by atoms with Crippen molar-refractivity contribution in [3.8, 4) is 0 Å². The Morgan fingerprint density at radius 1 is 1.15 bits per heavy atom.